The van der Waals surface area contributed by atoms with Gasteiger partial charge in [-0.3, -0.25) is 0 Å². The number of rotatable bonds is 14. The molecule has 9 aromatic carbocycles. The minimum atomic E-state index is 0.336. The molecule has 2 aromatic heterocycles. The number of anilines is 6. The molecule has 0 saturated heterocycles. The van der Waals surface area contributed by atoms with Gasteiger partial charge in [0, 0.05) is 55.7 Å². The van der Waals surface area contributed by atoms with Gasteiger partial charge in [-0.2, -0.15) is 0 Å². The standard InChI is InChI=1S/C74H80N2O2/c1-41(2)49-19-25-67(59(31-49)45(9)10)75(68-26-20-50(42(3)4)32-60(68)46(11)12)57-23-17-53-35-63-65-39-74-66(40-73(65)77-71(63)37-55(53)29-57)64-36-54-18-24-58(30-56(54)38-72(64)78-74)76(69-27-21-51(43(5)6)33-61(69)47(13)14)70-28-22-52(44(7)8)34-62(70)48(15)16/h17-48H,1-16H3. The molecule has 0 N–H and O–H groups in total. The Balaban J connectivity index is 1.02. The third-order valence-electron chi connectivity index (χ3n) is 16.8. The van der Waals surface area contributed by atoms with Gasteiger partial charge in [-0.05, 0) is 198 Å². The maximum Gasteiger partial charge on any atom is 0.136 e. The zero-order valence-corrected chi connectivity index (χ0v) is 49.2. The van der Waals surface area contributed by atoms with Crippen molar-refractivity contribution in [1.82, 2.24) is 0 Å². The van der Waals surface area contributed by atoms with Crippen LogP contribution >= 0.6 is 0 Å². The van der Waals surface area contributed by atoms with Gasteiger partial charge in [0.1, 0.15) is 22.3 Å². The average Bonchev–Trinajstić information content (AvgIpc) is 4.08. The number of hydrogen-bond donors (Lipinski definition) is 0. The van der Waals surface area contributed by atoms with E-state index in [4.69, 9.17) is 8.83 Å². The molecule has 11 rings (SSSR count). The Morgan fingerprint density at radius 1 is 0.244 bits per heavy atom. The zero-order chi connectivity index (χ0) is 55.2. The van der Waals surface area contributed by atoms with E-state index in [1.54, 1.807) is 0 Å². The van der Waals surface area contributed by atoms with E-state index in [2.05, 4.69) is 266 Å². The highest BCUT2D eigenvalue weighted by Crippen LogP contribution is 2.48. The van der Waals surface area contributed by atoms with E-state index in [0.717, 1.165) is 66.0 Å². The molecular weight excluding hydrogens is 949 g/mol. The van der Waals surface area contributed by atoms with Gasteiger partial charge in [-0.15, -0.1) is 0 Å². The topological polar surface area (TPSA) is 32.8 Å². The summed E-state index contributed by atoms with van der Waals surface area (Å²) in [6.45, 7) is 36.9. The first kappa shape index (κ1) is 52.7. The molecule has 0 bridgehead atoms. The SMILES string of the molecule is CC(C)c1ccc(N(c2ccc3cc4c(cc3c2)oc2cc3c(cc24)oc2cc4cc(N(c5ccc(C(C)C)cc5C(C)C)c5ccc(C(C)C)cc5C(C)C)ccc4cc23)c2ccc(C(C)C)cc2C(C)C)c(C(C)C)c1. The lowest BCUT2D eigenvalue weighted by Crippen LogP contribution is -2.16. The Bertz CT molecular complexity index is 3690. The minimum Gasteiger partial charge on any atom is -0.456 e. The van der Waals surface area contributed by atoms with Crippen molar-refractivity contribution in [3.8, 4) is 0 Å². The molecule has 4 heteroatoms. The number of nitrogens with zero attached hydrogens (tertiary/aromatic N) is 2. The summed E-state index contributed by atoms with van der Waals surface area (Å²) in [5.41, 5.74) is 21.5. The molecule has 0 saturated carbocycles. The molecule has 0 amide bonds. The third-order valence-corrected chi connectivity index (χ3v) is 16.8. The molecule has 11 aromatic rings. The highest BCUT2D eigenvalue weighted by molar-refractivity contribution is 6.18. The summed E-state index contributed by atoms with van der Waals surface area (Å²) in [7, 11) is 0. The van der Waals surface area contributed by atoms with Crippen molar-refractivity contribution in [2.75, 3.05) is 9.80 Å². The van der Waals surface area contributed by atoms with Crippen molar-refractivity contribution in [2.24, 2.45) is 0 Å². The molecule has 0 fully saturated rings. The molecule has 0 atom stereocenters. The van der Waals surface area contributed by atoms with Crippen LogP contribution in [0.2, 0.25) is 0 Å². The predicted molar refractivity (Wildman–Crippen MR) is 338 cm³/mol. The summed E-state index contributed by atoms with van der Waals surface area (Å²) in [5.74, 6) is 3.11. The Labute approximate surface area is 464 Å². The number of furan rings is 2. The fourth-order valence-electron chi connectivity index (χ4n) is 12.0. The average molecular weight is 1030 g/mol. The van der Waals surface area contributed by atoms with Crippen LogP contribution in [0, 0.1) is 0 Å². The summed E-state index contributed by atoms with van der Waals surface area (Å²) in [6.07, 6.45) is 0. The molecule has 0 aliphatic carbocycles. The lowest BCUT2D eigenvalue weighted by Gasteiger charge is -2.32. The van der Waals surface area contributed by atoms with Crippen molar-refractivity contribution in [2.45, 2.75) is 158 Å². The normalized spacial score (nSPS) is 12.5. The van der Waals surface area contributed by atoms with E-state index in [-0.39, 0.29) is 0 Å². The van der Waals surface area contributed by atoms with Gasteiger partial charge in [0.05, 0.1) is 0 Å². The van der Waals surface area contributed by atoms with Crippen molar-refractivity contribution in [3.05, 3.63) is 190 Å². The maximum absolute atomic E-state index is 6.88. The summed E-state index contributed by atoms with van der Waals surface area (Å²) in [5, 5.41) is 8.89. The molecule has 0 spiro atoms. The van der Waals surface area contributed by atoms with Crippen LogP contribution in [-0.4, -0.2) is 0 Å². The summed E-state index contributed by atoms with van der Waals surface area (Å²) < 4.78 is 13.8. The monoisotopic (exact) mass is 1030 g/mol. The van der Waals surface area contributed by atoms with Crippen LogP contribution in [-0.2, 0) is 0 Å². The van der Waals surface area contributed by atoms with Crippen LogP contribution in [0.15, 0.2) is 154 Å². The van der Waals surface area contributed by atoms with Crippen molar-refractivity contribution >= 4 is 99.5 Å². The van der Waals surface area contributed by atoms with E-state index in [0.29, 0.717) is 47.3 Å². The predicted octanol–water partition coefficient (Wildman–Crippen LogP) is 23.7. The van der Waals surface area contributed by atoms with Gasteiger partial charge < -0.3 is 18.6 Å². The largest absolute Gasteiger partial charge is 0.456 e. The Kier molecular flexibility index (Phi) is 13.9. The fraction of sp³-hybridized carbons (Fsp3) is 0.324. The molecule has 0 unspecified atom stereocenters. The molecular formula is C74H80N2O2. The lowest BCUT2D eigenvalue weighted by atomic mass is 9.91. The van der Waals surface area contributed by atoms with E-state index >= 15 is 0 Å². The maximum atomic E-state index is 6.88. The van der Waals surface area contributed by atoms with Crippen molar-refractivity contribution < 1.29 is 8.83 Å². The molecule has 398 valence electrons. The van der Waals surface area contributed by atoms with E-state index in [1.807, 2.05) is 0 Å². The first-order chi connectivity index (χ1) is 37.2. The lowest BCUT2D eigenvalue weighted by molar-refractivity contribution is 0.664. The van der Waals surface area contributed by atoms with Gasteiger partial charge in [0.25, 0.3) is 0 Å². The minimum absolute atomic E-state index is 0.336. The van der Waals surface area contributed by atoms with Crippen LogP contribution in [0.4, 0.5) is 34.1 Å². The molecule has 4 nitrogen and oxygen atoms in total. The Morgan fingerprint density at radius 2 is 0.513 bits per heavy atom. The summed E-state index contributed by atoms with van der Waals surface area (Å²) in [6, 6.07) is 55.9. The Morgan fingerprint density at radius 3 is 0.782 bits per heavy atom. The van der Waals surface area contributed by atoms with Gasteiger partial charge in [-0.25, -0.2) is 0 Å². The second-order valence-corrected chi connectivity index (χ2v) is 25.0. The van der Waals surface area contributed by atoms with Gasteiger partial charge in [0.15, 0.2) is 0 Å². The van der Waals surface area contributed by atoms with Crippen LogP contribution < -0.4 is 9.80 Å². The van der Waals surface area contributed by atoms with Crippen LogP contribution in [0.25, 0.3) is 65.4 Å². The third kappa shape index (κ3) is 9.43. The number of hydrogen-bond acceptors (Lipinski definition) is 4. The van der Waals surface area contributed by atoms with Crippen LogP contribution in [0.3, 0.4) is 0 Å². The quantitative estimate of drug-likeness (QED) is 0.109. The highest BCUT2D eigenvalue weighted by atomic mass is 16.3. The molecule has 0 aliphatic rings. The van der Waals surface area contributed by atoms with E-state index < -0.39 is 0 Å². The number of benzene rings is 9. The Hall–Kier alpha value is -7.30. The van der Waals surface area contributed by atoms with Crippen molar-refractivity contribution in [3.63, 3.8) is 0 Å². The molecule has 0 aliphatic heterocycles. The molecule has 2 heterocycles. The fourth-order valence-corrected chi connectivity index (χ4v) is 12.0. The van der Waals surface area contributed by atoms with E-state index in [9.17, 15) is 0 Å². The molecule has 78 heavy (non-hydrogen) atoms. The second kappa shape index (κ2) is 20.5. The summed E-state index contributed by atoms with van der Waals surface area (Å²) in [4.78, 5) is 5.03. The highest BCUT2D eigenvalue weighted by Gasteiger charge is 2.26. The first-order valence-corrected chi connectivity index (χ1v) is 29.1. The smallest absolute Gasteiger partial charge is 0.136 e. The molecule has 0 radical (unpaired) electrons. The first-order valence-electron chi connectivity index (χ1n) is 29.1. The summed E-state index contributed by atoms with van der Waals surface area (Å²) >= 11 is 0. The van der Waals surface area contributed by atoms with Gasteiger partial charge in [0.2, 0.25) is 0 Å². The van der Waals surface area contributed by atoms with Crippen molar-refractivity contribution in [1.29, 1.82) is 0 Å². The van der Waals surface area contributed by atoms with Gasteiger partial charge in [-0.1, -0.05) is 171 Å². The van der Waals surface area contributed by atoms with Crippen LogP contribution in [0.5, 0.6) is 0 Å². The van der Waals surface area contributed by atoms with Crippen LogP contribution in [0.1, 0.15) is 203 Å². The zero-order valence-electron chi connectivity index (χ0n) is 49.2. The second-order valence-electron chi connectivity index (χ2n) is 25.0. The van der Waals surface area contributed by atoms with Gasteiger partial charge >= 0.3 is 0 Å². The number of fused-ring (bicyclic) bond motifs is 8. The van der Waals surface area contributed by atoms with E-state index in [1.165, 1.54) is 78.0 Å².